The minimum Gasteiger partial charge on any atom is -0.283 e. The Kier molecular flexibility index (Phi) is 1.27. The fourth-order valence-electron chi connectivity index (χ4n) is 1.05. The standard InChI is InChI=1S/C7H8N4O/c1-5-9-6-3-4-8-11(6)7(12)10(5)2/h3-4H,1-2H3. The van der Waals surface area contributed by atoms with Crippen LogP contribution in [0.25, 0.3) is 5.65 Å². The van der Waals surface area contributed by atoms with Crippen LogP contribution in [0.5, 0.6) is 0 Å². The Bertz CT molecular complexity index is 482. The Morgan fingerprint density at radius 1 is 1.50 bits per heavy atom. The lowest BCUT2D eigenvalue weighted by Gasteiger charge is -2.01. The molecule has 0 saturated heterocycles. The van der Waals surface area contributed by atoms with Gasteiger partial charge < -0.3 is 0 Å². The van der Waals surface area contributed by atoms with E-state index in [0.717, 1.165) is 0 Å². The molecule has 0 aliphatic heterocycles. The molecule has 5 heteroatoms. The van der Waals surface area contributed by atoms with Crippen molar-refractivity contribution >= 4 is 5.65 Å². The fourth-order valence-corrected chi connectivity index (χ4v) is 1.05. The van der Waals surface area contributed by atoms with Gasteiger partial charge in [0.1, 0.15) is 5.82 Å². The lowest BCUT2D eigenvalue weighted by Crippen LogP contribution is -2.27. The number of rotatable bonds is 0. The zero-order valence-corrected chi connectivity index (χ0v) is 6.85. The predicted octanol–water partition coefficient (Wildman–Crippen LogP) is -0.264. The molecule has 0 fully saturated rings. The highest BCUT2D eigenvalue weighted by Gasteiger charge is 2.03. The zero-order chi connectivity index (χ0) is 8.72. The van der Waals surface area contributed by atoms with Gasteiger partial charge in [0, 0.05) is 13.1 Å². The molecule has 12 heavy (non-hydrogen) atoms. The molecule has 2 aromatic heterocycles. The van der Waals surface area contributed by atoms with Crippen molar-refractivity contribution in [1.82, 2.24) is 19.2 Å². The van der Waals surface area contributed by atoms with E-state index in [1.54, 1.807) is 26.2 Å². The van der Waals surface area contributed by atoms with Crippen molar-refractivity contribution in [2.45, 2.75) is 6.92 Å². The summed E-state index contributed by atoms with van der Waals surface area (Å²) in [4.78, 5) is 15.6. The smallest absolute Gasteiger partial charge is 0.283 e. The molecule has 0 bridgehead atoms. The first kappa shape index (κ1) is 7.02. The van der Waals surface area contributed by atoms with Gasteiger partial charge in [-0.1, -0.05) is 0 Å². The molecule has 0 spiro atoms. The molecular weight excluding hydrogens is 156 g/mol. The van der Waals surface area contributed by atoms with Gasteiger partial charge >= 0.3 is 5.69 Å². The van der Waals surface area contributed by atoms with E-state index < -0.39 is 0 Å². The van der Waals surface area contributed by atoms with Crippen LogP contribution >= 0.6 is 0 Å². The summed E-state index contributed by atoms with van der Waals surface area (Å²) in [6.45, 7) is 1.79. The van der Waals surface area contributed by atoms with Gasteiger partial charge in [0.15, 0.2) is 5.65 Å². The minimum absolute atomic E-state index is 0.164. The van der Waals surface area contributed by atoms with E-state index in [0.29, 0.717) is 11.5 Å². The van der Waals surface area contributed by atoms with Crippen molar-refractivity contribution in [3.05, 3.63) is 28.6 Å². The Morgan fingerprint density at radius 3 is 3.00 bits per heavy atom. The zero-order valence-electron chi connectivity index (χ0n) is 6.85. The topological polar surface area (TPSA) is 52.2 Å². The summed E-state index contributed by atoms with van der Waals surface area (Å²) >= 11 is 0. The van der Waals surface area contributed by atoms with E-state index >= 15 is 0 Å². The summed E-state index contributed by atoms with van der Waals surface area (Å²) in [6.07, 6.45) is 1.56. The van der Waals surface area contributed by atoms with Gasteiger partial charge in [-0.2, -0.15) is 9.61 Å². The Labute approximate surface area is 68.3 Å². The average molecular weight is 164 g/mol. The second-order valence-corrected chi connectivity index (χ2v) is 2.60. The highest BCUT2D eigenvalue weighted by molar-refractivity contribution is 5.34. The van der Waals surface area contributed by atoms with Crippen LogP contribution < -0.4 is 5.69 Å². The van der Waals surface area contributed by atoms with E-state index in [4.69, 9.17) is 0 Å². The Balaban J connectivity index is 3.05. The molecule has 0 saturated carbocycles. The fraction of sp³-hybridized carbons (Fsp3) is 0.286. The molecule has 2 aromatic rings. The molecule has 0 aliphatic rings. The number of fused-ring (bicyclic) bond motifs is 1. The molecule has 0 unspecified atom stereocenters. The first-order chi connectivity index (χ1) is 5.70. The highest BCUT2D eigenvalue weighted by atomic mass is 16.2. The van der Waals surface area contributed by atoms with Crippen molar-refractivity contribution in [2.24, 2.45) is 7.05 Å². The lowest BCUT2D eigenvalue weighted by atomic mass is 10.6. The molecular formula is C7H8N4O. The van der Waals surface area contributed by atoms with E-state index in [9.17, 15) is 4.79 Å². The van der Waals surface area contributed by atoms with Crippen LogP contribution in [-0.4, -0.2) is 19.2 Å². The van der Waals surface area contributed by atoms with E-state index in [1.807, 2.05) is 0 Å². The maximum Gasteiger partial charge on any atom is 0.351 e. The lowest BCUT2D eigenvalue weighted by molar-refractivity contribution is 0.688. The molecule has 2 rings (SSSR count). The molecule has 0 aliphatic carbocycles. The summed E-state index contributed by atoms with van der Waals surface area (Å²) in [7, 11) is 1.67. The third kappa shape index (κ3) is 0.761. The number of aryl methyl sites for hydroxylation is 1. The van der Waals surface area contributed by atoms with Crippen molar-refractivity contribution in [3.63, 3.8) is 0 Å². The van der Waals surface area contributed by atoms with Gasteiger partial charge in [0.2, 0.25) is 0 Å². The van der Waals surface area contributed by atoms with Gasteiger partial charge in [-0.25, -0.2) is 9.78 Å². The quantitative estimate of drug-likeness (QED) is 0.539. The van der Waals surface area contributed by atoms with Crippen LogP contribution in [0.2, 0.25) is 0 Å². The summed E-state index contributed by atoms with van der Waals surface area (Å²) < 4.78 is 2.73. The normalized spacial score (nSPS) is 10.8. The van der Waals surface area contributed by atoms with Crippen LogP contribution in [0.15, 0.2) is 17.1 Å². The molecule has 2 heterocycles. The summed E-state index contributed by atoms with van der Waals surface area (Å²) in [5, 5.41) is 3.84. The monoisotopic (exact) mass is 164 g/mol. The summed E-state index contributed by atoms with van der Waals surface area (Å²) in [6, 6.07) is 1.70. The van der Waals surface area contributed by atoms with Crippen LogP contribution in [0.4, 0.5) is 0 Å². The molecule has 0 aromatic carbocycles. The third-order valence-electron chi connectivity index (χ3n) is 1.85. The molecule has 0 atom stereocenters. The van der Waals surface area contributed by atoms with Gasteiger partial charge in [0.05, 0.1) is 6.20 Å². The van der Waals surface area contributed by atoms with Crippen LogP contribution in [0.1, 0.15) is 5.82 Å². The second kappa shape index (κ2) is 2.17. The molecule has 5 nitrogen and oxygen atoms in total. The number of aromatic nitrogens is 4. The number of hydrogen-bond acceptors (Lipinski definition) is 3. The maximum absolute atomic E-state index is 11.4. The largest absolute Gasteiger partial charge is 0.351 e. The number of nitrogens with zero attached hydrogens (tertiary/aromatic N) is 4. The second-order valence-electron chi connectivity index (χ2n) is 2.60. The van der Waals surface area contributed by atoms with Crippen molar-refractivity contribution in [1.29, 1.82) is 0 Å². The Morgan fingerprint density at radius 2 is 2.25 bits per heavy atom. The minimum atomic E-state index is -0.164. The molecule has 0 radical (unpaired) electrons. The maximum atomic E-state index is 11.4. The van der Waals surface area contributed by atoms with E-state index in [2.05, 4.69) is 10.1 Å². The third-order valence-corrected chi connectivity index (χ3v) is 1.85. The van der Waals surface area contributed by atoms with Crippen LogP contribution in [0, 0.1) is 6.92 Å². The van der Waals surface area contributed by atoms with Gasteiger partial charge in [-0.3, -0.25) is 4.57 Å². The van der Waals surface area contributed by atoms with Gasteiger partial charge in [-0.05, 0) is 6.92 Å². The van der Waals surface area contributed by atoms with Gasteiger partial charge in [0.25, 0.3) is 0 Å². The van der Waals surface area contributed by atoms with Gasteiger partial charge in [-0.15, -0.1) is 0 Å². The highest BCUT2D eigenvalue weighted by Crippen LogP contribution is 1.94. The van der Waals surface area contributed by atoms with E-state index in [-0.39, 0.29) is 5.69 Å². The van der Waals surface area contributed by atoms with Crippen LogP contribution in [0.3, 0.4) is 0 Å². The van der Waals surface area contributed by atoms with E-state index in [1.165, 1.54) is 9.08 Å². The summed E-state index contributed by atoms with van der Waals surface area (Å²) in [5.41, 5.74) is 0.429. The Hall–Kier alpha value is -1.65. The van der Waals surface area contributed by atoms with Crippen molar-refractivity contribution in [3.8, 4) is 0 Å². The SMILES string of the molecule is Cc1nc2ccnn2c(=O)n1C. The predicted molar refractivity (Wildman–Crippen MR) is 43.0 cm³/mol. The average Bonchev–Trinajstić information content (AvgIpc) is 2.48. The first-order valence-electron chi connectivity index (χ1n) is 3.57. The molecule has 62 valence electrons. The molecule has 0 N–H and O–H groups in total. The molecule has 0 amide bonds. The van der Waals surface area contributed by atoms with Crippen molar-refractivity contribution in [2.75, 3.05) is 0 Å². The van der Waals surface area contributed by atoms with Crippen molar-refractivity contribution < 1.29 is 0 Å². The number of hydrogen-bond donors (Lipinski definition) is 0. The van der Waals surface area contributed by atoms with Crippen LogP contribution in [-0.2, 0) is 7.05 Å². The summed E-state index contributed by atoms with van der Waals surface area (Å²) in [5.74, 6) is 0.688. The first-order valence-corrected chi connectivity index (χ1v) is 3.57.